The van der Waals surface area contributed by atoms with E-state index in [4.69, 9.17) is 24.4 Å². The number of hydrazine groups is 1. The zero-order chi connectivity index (χ0) is 20.4. The average molecular weight is 422 g/mol. The van der Waals surface area contributed by atoms with Gasteiger partial charge in [0.2, 0.25) is 5.91 Å². The van der Waals surface area contributed by atoms with E-state index >= 15 is 0 Å². The highest BCUT2D eigenvalue weighted by Gasteiger charge is 2.21. The fraction of sp³-hybridized carbons (Fsp3) is 0.444. The molecule has 152 valence electrons. The van der Waals surface area contributed by atoms with Crippen LogP contribution in [0.15, 0.2) is 29.4 Å². The molecule has 0 unspecified atom stereocenters. The average Bonchev–Trinajstić information content (AvgIpc) is 3.11. The van der Waals surface area contributed by atoms with Gasteiger partial charge >= 0.3 is 0 Å². The number of hydrogen-bond acceptors (Lipinski definition) is 5. The summed E-state index contributed by atoms with van der Waals surface area (Å²) in [7, 11) is 0. The minimum absolute atomic E-state index is 0.169. The molecule has 28 heavy (non-hydrogen) atoms. The number of rotatable bonds is 8. The molecule has 0 aliphatic carbocycles. The number of nitrogens with zero attached hydrogens (tertiary/aromatic N) is 2. The maximum absolute atomic E-state index is 11.9. The van der Waals surface area contributed by atoms with E-state index in [1.807, 2.05) is 43.0 Å². The SMILES string of the molecule is CCNC(=S)N/N=C(/CNNC(=S)NCC)c1ccc(N2CCCC2=O)cc1. The van der Waals surface area contributed by atoms with Crippen LogP contribution in [0.3, 0.4) is 0 Å². The molecule has 0 bridgehead atoms. The molecule has 1 aliphatic rings. The van der Waals surface area contributed by atoms with Crippen LogP contribution >= 0.6 is 24.4 Å². The van der Waals surface area contributed by atoms with Crippen LogP contribution in [0, 0.1) is 0 Å². The van der Waals surface area contributed by atoms with E-state index in [1.54, 1.807) is 0 Å². The molecule has 0 spiro atoms. The van der Waals surface area contributed by atoms with Gasteiger partial charge < -0.3 is 15.5 Å². The molecule has 1 aliphatic heterocycles. The summed E-state index contributed by atoms with van der Waals surface area (Å²) in [5, 5.41) is 11.4. The molecule has 1 aromatic carbocycles. The lowest BCUT2D eigenvalue weighted by Crippen LogP contribution is -2.46. The molecule has 8 nitrogen and oxygen atoms in total. The van der Waals surface area contributed by atoms with Crippen molar-refractivity contribution in [2.75, 3.05) is 31.1 Å². The second-order valence-electron chi connectivity index (χ2n) is 6.06. The van der Waals surface area contributed by atoms with Gasteiger partial charge in [-0.15, -0.1) is 0 Å². The number of hydrazone groups is 1. The predicted octanol–water partition coefficient (Wildman–Crippen LogP) is 0.990. The number of hydrogen-bond donors (Lipinski definition) is 5. The Morgan fingerprint density at radius 2 is 1.79 bits per heavy atom. The van der Waals surface area contributed by atoms with Crippen LogP contribution in [0.1, 0.15) is 32.3 Å². The van der Waals surface area contributed by atoms with Gasteiger partial charge in [-0.2, -0.15) is 5.10 Å². The Morgan fingerprint density at radius 3 is 2.39 bits per heavy atom. The molecule has 10 heteroatoms. The van der Waals surface area contributed by atoms with Gasteiger partial charge in [0.25, 0.3) is 0 Å². The van der Waals surface area contributed by atoms with Crippen LogP contribution in [0.5, 0.6) is 0 Å². The van der Waals surface area contributed by atoms with E-state index in [0.29, 0.717) is 29.7 Å². The van der Waals surface area contributed by atoms with E-state index in [0.717, 1.165) is 36.5 Å². The Balaban J connectivity index is 2.08. The van der Waals surface area contributed by atoms with Crippen LogP contribution in [-0.4, -0.2) is 48.0 Å². The first-order valence-electron chi connectivity index (χ1n) is 9.33. The smallest absolute Gasteiger partial charge is 0.227 e. The van der Waals surface area contributed by atoms with Gasteiger partial charge in [0.15, 0.2) is 10.2 Å². The van der Waals surface area contributed by atoms with Gasteiger partial charge in [-0.3, -0.25) is 15.6 Å². The number of anilines is 1. The van der Waals surface area contributed by atoms with Crippen LogP contribution < -0.4 is 31.8 Å². The van der Waals surface area contributed by atoms with Gasteiger partial charge in [-0.25, -0.2) is 5.43 Å². The molecule has 1 saturated heterocycles. The number of amides is 1. The Labute approximate surface area is 176 Å². The summed E-state index contributed by atoms with van der Waals surface area (Å²) in [6.07, 6.45) is 1.52. The fourth-order valence-corrected chi connectivity index (χ4v) is 3.10. The molecule has 2 rings (SSSR count). The summed E-state index contributed by atoms with van der Waals surface area (Å²) >= 11 is 10.3. The monoisotopic (exact) mass is 421 g/mol. The van der Waals surface area contributed by atoms with Crippen LogP contribution in [-0.2, 0) is 4.79 Å². The minimum atomic E-state index is 0.169. The van der Waals surface area contributed by atoms with Crippen molar-refractivity contribution in [1.29, 1.82) is 0 Å². The van der Waals surface area contributed by atoms with Gasteiger partial charge in [0.05, 0.1) is 12.3 Å². The van der Waals surface area contributed by atoms with Crippen molar-refractivity contribution in [2.24, 2.45) is 5.10 Å². The molecular formula is C18H27N7OS2. The van der Waals surface area contributed by atoms with Crippen molar-refractivity contribution < 1.29 is 4.79 Å². The lowest BCUT2D eigenvalue weighted by atomic mass is 10.1. The van der Waals surface area contributed by atoms with E-state index in [-0.39, 0.29) is 5.91 Å². The molecule has 1 amide bonds. The lowest BCUT2D eigenvalue weighted by Gasteiger charge is -2.17. The summed E-state index contributed by atoms with van der Waals surface area (Å²) in [4.78, 5) is 13.7. The highest BCUT2D eigenvalue weighted by molar-refractivity contribution is 7.80. The molecule has 0 radical (unpaired) electrons. The third-order valence-electron chi connectivity index (χ3n) is 4.01. The molecule has 1 fully saturated rings. The Morgan fingerprint density at radius 1 is 1.11 bits per heavy atom. The van der Waals surface area contributed by atoms with Crippen molar-refractivity contribution in [1.82, 2.24) is 26.9 Å². The zero-order valence-corrected chi connectivity index (χ0v) is 17.8. The fourth-order valence-electron chi connectivity index (χ4n) is 2.69. The second kappa shape index (κ2) is 11.5. The van der Waals surface area contributed by atoms with Crippen LogP contribution in [0.4, 0.5) is 5.69 Å². The third kappa shape index (κ3) is 6.70. The molecule has 1 aromatic rings. The number of thiocarbonyl (C=S) groups is 2. The van der Waals surface area contributed by atoms with Gasteiger partial charge in [-0.1, -0.05) is 12.1 Å². The maximum Gasteiger partial charge on any atom is 0.227 e. The standard InChI is InChI=1S/C18H27N7OS2/c1-3-19-17(27)23-21-12-15(22-24-18(28)20-4-2)13-7-9-14(10-8-13)25-11-5-6-16(25)26/h7-10,21H,3-6,11-12H2,1-2H3,(H2,19,23,27)(H2,20,24,28)/b22-15-. The van der Waals surface area contributed by atoms with Crippen molar-refractivity contribution in [3.8, 4) is 0 Å². The Bertz CT molecular complexity index is 721. The predicted molar refractivity (Wildman–Crippen MR) is 121 cm³/mol. The molecule has 0 atom stereocenters. The molecular weight excluding hydrogens is 394 g/mol. The normalized spacial score (nSPS) is 14.0. The third-order valence-corrected chi connectivity index (χ3v) is 4.49. The summed E-state index contributed by atoms with van der Waals surface area (Å²) in [5.41, 5.74) is 11.4. The molecule has 1 heterocycles. The van der Waals surface area contributed by atoms with Crippen LogP contribution in [0.25, 0.3) is 0 Å². The van der Waals surface area contributed by atoms with Crippen molar-refractivity contribution in [3.63, 3.8) is 0 Å². The largest absolute Gasteiger partial charge is 0.362 e. The van der Waals surface area contributed by atoms with E-state index in [1.165, 1.54) is 0 Å². The van der Waals surface area contributed by atoms with E-state index < -0.39 is 0 Å². The first kappa shape index (κ1) is 22.0. The van der Waals surface area contributed by atoms with E-state index in [9.17, 15) is 4.79 Å². The van der Waals surface area contributed by atoms with Gasteiger partial charge in [-0.05, 0) is 62.4 Å². The number of nitrogens with one attached hydrogen (secondary N) is 5. The highest BCUT2D eigenvalue weighted by Crippen LogP contribution is 2.21. The van der Waals surface area contributed by atoms with Gasteiger partial charge in [0, 0.05) is 31.7 Å². The Kier molecular flexibility index (Phi) is 9.05. The number of carbonyl (C=O) groups excluding carboxylic acids is 1. The maximum atomic E-state index is 11.9. The van der Waals surface area contributed by atoms with Gasteiger partial charge in [0.1, 0.15) is 0 Å². The summed E-state index contributed by atoms with van der Waals surface area (Å²) in [6.45, 7) is 6.57. The lowest BCUT2D eigenvalue weighted by molar-refractivity contribution is -0.117. The molecule has 5 N–H and O–H groups in total. The molecule has 0 saturated carbocycles. The van der Waals surface area contributed by atoms with Crippen molar-refractivity contribution in [3.05, 3.63) is 29.8 Å². The summed E-state index contributed by atoms with van der Waals surface area (Å²) in [5.74, 6) is 0.169. The quantitative estimate of drug-likeness (QED) is 0.241. The van der Waals surface area contributed by atoms with Crippen LogP contribution in [0.2, 0.25) is 0 Å². The Hall–Kier alpha value is -2.30. The highest BCUT2D eigenvalue weighted by atomic mass is 32.1. The first-order chi connectivity index (χ1) is 13.5. The topological polar surface area (TPSA) is 92.8 Å². The minimum Gasteiger partial charge on any atom is -0.362 e. The summed E-state index contributed by atoms with van der Waals surface area (Å²) in [6, 6.07) is 7.77. The number of benzene rings is 1. The first-order valence-corrected chi connectivity index (χ1v) is 10.1. The van der Waals surface area contributed by atoms with Crippen molar-refractivity contribution >= 4 is 52.0 Å². The van der Waals surface area contributed by atoms with Crippen molar-refractivity contribution in [2.45, 2.75) is 26.7 Å². The zero-order valence-electron chi connectivity index (χ0n) is 16.2. The molecule has 0 aromatic heterocycles. The summed E-state index contributed by atoms with van der Waals surface area (Å²) < 4.78 is 0. The number of carbonyl (C=O) groups is 1. The second-order valence-corrected chi connectivity index (χ2v) is 6.88. The van der Waals surface area contributed by atoms with E-state index in [2.05, 4.69) is 32.0 Å².